The van der Waals surface area contributed by atoms with Crippen molar-refractivity contribution in [3.63, 3.8) is 0 Å². The molecule has 1 saturated heterocycles. The minimum atomic E-state index is -0.152. The van der Waals surface area contributed by atoms with Crippen LogP contribution in [0.25, 0.3) is 44.5 Å². The Bertz CT molecular complexity index is 1790. The number of rotatable bonds is 6. The molecular formula is C34H37N8OY-. The van der Waals surface area contributed by atoms with Crippen LogP contribution in [0.5, 0.6) is 0 Å². The molecule has 9 nitrogen and oxygen atoms in total. The Kier molecular flexibility index (Phi) is 9.08. The largest absolute Gasteiger partial charge is 0.383 e. The molecule has 0 unspecified atom stereocenters. The second-order valence-corrected chi connectivity index (χ2v) is 12.2. The van der Waals surface area contributed by atoms with Crippen LogP contribution in [-0.2, 0) is 37.5 Å². The molecule has 5 aromatic rings. The molecule has 2 aliphatic rings. The van der Waals surface area contributed by atoms with Gasteiger partial charge in [-0.2, -0.15) is 5.10 Å². The van der Waals surface area contributed by atoms with Crippen LogP contribution >= 0.6 is 0 Å². The molecule has 10 heteroatoms. The summed E-state index contributed by atoms with van der Waals surface area (Å²) in [4.78, 5) is 28.1. The van der Waals surface area contributed by atoms with Gasteiger partial charge in [-0.25, -0.2) is 14.6 Å². The average Bonchev–Trinajstić information content (AvgIpc) is 3.43. The van der Waals surface area contributed by atoms with Gasteiger partial charge in [0.15, 0.2) is 5.65 Å². The number of aromatic nitrogens is 5. The van der Waals surface area contributed by atoms with Crippen LogP contribution in [-0.4, -0.2) is 55.2 Å². The Morgan fingerprint density at radius 3 is 2.48 bits per heavy atom. The molecule has 1 aliphatic heterocycles. The number of fused-ring (bicyclic) bond motifs is 2. The van der Waals surface area contributed by atoms with Crippen molar-refractivity contribution in [3.05, 3.63) is 66.5 Å². The zero-order valence-electron chi connectivity index (χ0n) is 25.1. The molecule has 4 heterocycles. The molecule has 3 aromatic heterocycles. The van der Waals surface area contributed by atoms with Crippen LogP contribution in [0.4, 0.5) is 5.82 Å². The number of amides is 1. The first-order chi connectivity index (χ1) is 21.0. The third kappa shape index (κ3) is 5.89. The van der Waals surface area contributed by atoms with E-state index in [2.05, 4.69) is 56.8 Å². The summed E-state index contributed by atoms with van der Waals surface area (Å²) in [6.45, 7) is 5.10. The topological polar surface area (TPSA) is 129 Å². The van der Waals surface area contributed by atoms with E-state index in [1.807, 2.05) is 24.3 Å². The molecule has 44 heavy (non-hydrogen) atoms. The van der Waals surface area contributed by atoms with Gasteiger partial charge in [0, 0.05) is 45.2 Å². The van der Waals surface area contributed by atoms with Gasteiger partial charge in [-0.05, 0) is 86.8 Å². The summed E-state index contributed by atoms with van der Waals surface area (Å²) >= 11 is 0. The summed E-state index contributed by atoms with van der Waals surface area (Å²) in [7, 11) is 0. The number of nitrogens with zero attached hydrogens (tertiary/aromatic N) is 6. The quantitative estimate of drug-likeness (QED) is 0.236. The summed E-state index contributed by atoms with van der Waals surface area (Å²) in [5.41, 5.74) is 18.5. The first-order valence-corrected chi connectivity index (χ1v) is 15.3. The Balaban J connectivity index is 0.00000343. The predicted molar refractivity (Wildman–Crippen MR) is 169 cm³/mol. The molecule has 2 aromatic carbocycles. The van der Waals surface area contributed by atoms with Gasteiger partial charge < -0.3 is 21.4 Å². The molecule has 1 radical (unpaired) electrons. The average molecular weight is 663 g/mol. The maximum absolute atomic E-state index is 11.5. The van der Waals surface area contributed by atoms with Gasteiger partial charge in [-0.1, -0.05) is 42.0 Å². The monoisotopic (exact) mass is 662 g/mol. The van der Waals surface area contributed by atoms with Crippen LogP contribution < -0.4 is 11.5 Å². The standard InChI is InChI=1S/C34H37N8O.Y/c1-21-27(13-9-24-10-14-28(39-30(21)24)23-5-3-2-4-6-23)31-29-32(35)37-20-38-34(29)42(40-31)26-11-7-22(8-12-26)19-41-17-15-25(16-18-41)33(36)43;/h2-6,9,13-14,20,22,25-26H,7-8,11-12,15-19H2,1H3,(H2,36,43)(H2,35,37,38);/q-1;. The molecule has 7 rings (SSSR count). The number of anilines is 1. The fraction of sp³-hybridized carbons (Fsp3) is 0.382. The van der Waals surface area contributed by atoms with E-state index in [0.29, 0.717) is 11.7 Å². The van der Waals surface area contributed by atoms with Gasteiger partial charge in [-0.15, -0.1) is 23.6 Å². The first kappa shape index (κ1) is 30.7. The van der Waals surface area contributed by atoms with E-state index in [1.54, 1.807) is 0 Å². The molecule has 4 N–H and O–H groups in total. The molecule has 1 saturated carbocycles. The van der Waals surface area contributed by atoms with E-state index in [9.17, 15) is 4.79 Å². The summed E-state index contributed by atoms with van der Waals surface area (Å²) in [6, 6.07) is 20.0. The normalized spacial score (nSPS) is 19.7. The van der Waals surface area contributed by atoms with Crippen molar-refractivity contribution >= 4 is 33.7 Å². The molecule has 223 valence electrons. The molecular weight excluding hydrogens is 625 g/mol. The van der Waals surface area contributed by atoms with E-state index in [0.717, 1.165) is 108 Å². The summed E-state index contributed by atoms with van der Waals surface area (Å²) in [5.74, 6) is 0.971. The number of hydrogen-bond acceptors (Lipinski definition) is 7. The minimum Gasteiger partial charge on any atom is -0.383 e. The number of benzene rings is 2. The van der Waals surface area contributed by atoms with Gasteiger partial charge in [0.25, 0.3) is 0 Å². The molecule has 0 atom stereocenters. The van der Waals surface area contributed by atoms with Crippen LogP contribution in [0.2, 0.25) is 0 Å². The van der Waals surface area contributed by atoms with Gasteiger partial charge >= 0.3 is 0 Å². The summed E-state index contributed by atoms with van der Waals surface area (Å²) < 4.78 is 2.10. The van der Waals surface area contributed by atoms with E-state index >= 15 is 0 Å². The second kappa shape index (κ2) is 13.0. The number of carbonyl (C=O) groups is 1. The molecule has 1 amide bonds. The Hall–Kier alpha value is -3.27. The van der Waals surface area contributed by atoms with E-state index in [4.69, 9.17) is 21.5 Å². The SMILES string of the molecule is Cc1c(-c2nn(C3CCC(CN4CCC(C(N)=O)CC4)CC3)c3ncnc(N)c23)ccc2[c-]cc(-c3ccccc3)nc12.[Y]. The number of nitrogen functional groups attached to an aromatic ring is 1. The number of carbonyl (C=O) groups excluding carboxylic acids is 1. The van der Waals surface area contributed by atoms with Crippen molar-refractivity contribution in [2.24, 2.45) is 17.6 Å². The van der Waals surface area contributed by atoms with Crippen molar-refractivity contribution in [2.75, 3.05) is 25.4 Å². The maximum atomic E-state index is 11.5. The van der Waals surface area contributed by atoms with Crippen LogP contribution in [0, 0.1) is 24.8 Å². The predicted octanol–water partition coefficient (Wildman–Crippen LogP) is 5.33. The zero-order valence-corrected chi connectivity index (χ0v) is 28.0. The fourth-order valence-corrected chi connectivity index (χ4v) is 7.05. The van der Waals surface area contributed by atoms with Crippen molar-refractivity contribution in [3.8, 4) is 22.5 Å². The third-order valence-corrected chi connectivity index (χ3v) is 9.54. The van der Waals surface area contributed by atoms with Crippen molar-refractivity contribution in [1.82, 2.24) is 29.6 Å². The van der Waals surface area contributed by atoms with E-state index < -0.39 is 0 Å². The number of likely N-dealkylation sites (tertiary alicyclic amines) is 1. The molecule has 0 bridgehead atoms. The number of aryl methyl sites for hydroxylation is 1. The van der Waals surface area contributed by atoms with Crippen molar-refractivity contribution in [1.29, 1.82) is 0 Å². The summed E-state index contributed by atoms with van der Waals surface area (Å²) in [6.07, 6.45) is 7.64. The van der Waals surface area contributed by atoms with Crippen LogP contribution in [0.1, 0.15) is 50.1 Å². The number of piperidine rings is 1. The van der Waals surface area contributed by atoms with Crippen molar-refractivity contribution in [2.45, 2.75) is 51.5 Å². The molecule has 0 spiro atoms. The summed E-state index contributed by atoms with van der Waals surface area (Å²) in [5, 5.41) is 6.96. The zero-order chi connectivity index (χ0) is 29.5. The van der Waals surface area contributed by atoms with Gasteiger partial charge in [-0.3, -0.25) is 4.79 Å². The van der Waals surface area contributed by atoms with Crippen molar-refractivity contribution < 1.29 is 37.5 Å². The Labute approximate surface area is 282 Å². The second-order valence-electron chi connectivity index (χ2n) is 12.2. The smallest absolute Gasteiger partial charge is 0.220 e. The Morgan fingerprint density at radius 1 is 1.00 bits per heavy atom. The van der Waals surface area contributed by atoms with Gasteiger partial charge in [0.1, 0.15) is 17.8 Å². The minimum absolute atomic E-state index is 0. The van der Waals surface area contributed by atoms with Crippen LogP contribution in [0.15, 0.2) is 54.9 Å². The first-order valence-electron chi connectivity index (χ1n) is 15.3. The van der Waals surface area contributed by atoms with Gasteiger partial charge in [0.2, 0.25) is 5.91 Å². The van der Waals surface area contributed by atoms with E-state index in [1.165, 1.54) is 6.33 Å². The fourth-order valence-electron chi connectivity index (χ4n) is 7.05. The van der Waals surface area contributed by atoms with E-state index in [-0.39, 0.29) is 50.6 Å². The number of hydrogen-bond donors (Lipinski definition) is 2. The Morgan fingerprint density at radius 2 is 1.75 bits per heavy atom. The maximum Gasteiger partial charge on any atom is 0.220 e. The third-order valence-electron chi connectivity index (χ3n) is 9.54. The van der Waals surface area contributed by atoms with Crippen LogP contribution in [0.3, 0.4) is 0 Å². The number of nitrogens with two attached hydrogens (primary N) is 2. The number of pyridine rings is 1. The molecule has 1 aliphatic carbocycles. The molecule has 2 fully saturated rings. The number of primary amides is 1. The van der Waals surface area contributed by atoms with Gasteiger partial charge in [0.05, 0.1) is 11.4 Å².